The maximum Gasteiger partial charge on any atom is 0.251 e. The predicted molar refractivity (Wildman–Crippen MR) is 105 cm³/mol. The molecule has 0 aliphatic carbocycles. The quantitative estimate of drug-likeness (QED) is 0.765. The summed E-state index contributed by atoms with van der Waals surface area (Å²) in [6.07, 6.45) is 3.08. The minimum absolute atomic E-state index is 0.00595. The number of halogens is 1. The van der Waals surface area contributed by atoms with E-state index >= 15 is 0 Å². The van der Waals surface area contributed by atoms with E-state index in [1.807, 2.05) is 13.8 Å². The molecule has 1 atom stereocenters. The molecule has 0 radical (unpaired) electrons. The van der Waals surface area contributed by atoms with E-state index in [2.05, 4.69) is 22.5 Å². The molecule has 26 heavy (non-hydrogen) atoms. The summed E-state index contributed by atoms with van der Waals surface area (Å²) in [6, 6.07) is 6.30. The maximum atomic E-state index is 12.7. The van der Waals surface area contributed by atoms with Crippen molar-refractivity contribution in [3.63, 3.8) is 0 Å². The summed E-state index contributed by atoms with van der Waals surface area (Å²) in [5.41, 5.74) is 0.501. The fourth-order valence-corrected chi connectivity index (χ4v) is 3.39. The molecule has 1 aromatic carbocycles. The Kier molecular flexibility index (Phi) is 7.91. The lowest BCUT2D eigenvalue weighted by molar-refractivity contribution is -0.125. The molecule has 6 heteroatoms. The van der Waals surface area contributed by atoms with Gasteiger partial charge in [0.1, 0.15) is 6.04 Å². The summed E-state index contributed by atoms with van der Waals surface area (Å²) in [6.45, 7) is 9.22. The summed E-state index contributed by atoms with van der Waals surface area (Å²) in [5.74, 6) is -0.351. The van der Waals surface area contributed by atoms with Crippen LogP contribution in [0.5, 0.6) is 0 Å². The Bertz CT molecular complexity index is 596. The highest BCUT2D eigenvalue weighted by Crippen LogP contribution is 2.13. The zero-order valence-electron chi connectivity index (χ0n) is 15.9. The van der Waals surface area contributed by atoms with Crippen molar-refractivity contribution in [2.24, 2.45) is 5.92 Å². The highest BCUT2D eigenvalue weighted by Gasteiger charge is 2.28. The molecule has 2 amide bonds. The molecule has 144 valence electrons. The third-order valence-corrected chi connectivity index (χ3v) is 5.07. The van der Waals surface area contributed by atoms with E-state index < -0.39 is 6.04 Å². The number of piperidine rings is 1. The zero-order valence-corrected chi connectivity index (χ0v) is 16.7. The second-order valence-corrected chi connectivity index (χ2v) is 7.76. The fraction of sp³-hybridized carbons (Fsp3) is 0.600. The third kappa shape index (κ3) is 5.99. The van der Waals surface area contributed by atoms with Crippen LogP contribution in [-0.2, 0) is 4.79 Å². The van der Waals surface area contributed by atoms with Gasteiger partial charge < -0.3 is 15.5 Å². The molecule has 0 aromatic heterocycles. The Labute approximate surface area is 161 Å². The summed E-state index contributed by atoms with van der Waals surface area (Å²) in [5, 5.41) is 6.57. The standard InChI is InChI=1S/C20H30ClN3O2/c1-4-11-24-12-9-17(10-13-24)22-20(26)18(14(2)3)23-19(25)15-5-7-16(21)8-6-15/h5-8,14,17-18H,4,9-13H2,1-3H3,(H,22,26)(H,23,25)/t18-/m1/s1. The molecule has 1 fully saturated rings. The van der Waals surface area contributed by atoms with E-state index in [9.17, 15) is 9.59 Å². The SMILES string of the molecule is CCCN1CCC(NC(=O)[C@H](NC(=O)c2ccc(Cl)cc2)C(C)C)CC1. The number of nitrogens with one attached hydrogen (secondary N) is 2. The second-order valence-electron chi connectivity index (χ2n) is 7.33. The van der Waals surface area contributed by atoms with Gasteiger partial charge >= 0.3 is 0 Å². The number of rotatable bonds is 7. The van der Waals surface area contributed by atoms with E-state index in [4.69, 9.17) is 11.6 Å². The Morgan fingerprint density at radius 1 is 1.19 bits per heavy atom. The van der Waals surface area contributed by atoms with Gasteiger partial charge in [-0.1, -0.05) is 32.4 Å². The second kappa shape index (κ2) is 9.93. The Hall–Kier alpha value is -1.59. The molecule has 1 heterocycles. The van der Waals surface area contributed by atoms with Gasteiger partial charge in [-0.05, 0) is 56.0 Å². The third-order valence-electron chi connectivity index (χ3n) is 4.82. The summed E-state index contributed by atoms with van der Waals surface area (Å²) in [4.78, 5) is 27.6. The minimum Gasteiger partial charge on any atom is -0.351 e. The topological polar surface area (TPSA) is 61.4 Å². The van der Waals surface area contributed by atoms with Gasteiger partial charge in [0.05, 0.1) is 0 Å². The maximum absolute atomic E-state index is 12.7. The van der Waals surface area contributed by atoms with Crippen molar-refractivity contribution in [1.82, 2.24) is 15.5 Å². The number of likely N-dealkylation sites (tertiary alicyclic amines) is 1. The average molecular weight is 380 g/mol. The lowest BCUT2D eigenvalue weighted by atomic mass is 10.00. The van der Waals surface area contributed by atoms with Crippen molar-refractivity contribution < 1.29 is 9.59 Å². The van der Waals surface area contributed by atoms with E-state index in [0.717, 1.165) is 38.9 Å². The van der Waals surface area contributed by atoms with Crippen LogP contribution in [0.2, 0.25) is 5.02 Å². The van der Waals surface area contributed by atoms with Gasteiger partial charge in [0.25, 0.3) is 5.91 Å². The van der Waals surface area contributed by atoms with Crippen LogP contribution >= 0.6 is 11.6 Å². The molecule has 0 unspecified atom stereocenters. The lowest BCUT2D eigenvalue weighted by Crippen LogP contribution is -2.54. The summed E-state index contributed by atoms with van der Waals surface area (Å²) < 4.78 is 0. The lowest BCUT2D eigenvalue weighted by Gasteiger charge is -2.33. The summed E-state index contributed by atoms with van der Waals surface area (Å²) in [7, 11) is 0. The number of carbonyl (C=O) groups excluding carboxylic acids is 2. The minimum atomic E-state index is -0.549. The van der Waals surface area contributed by atoms with Crippen molar-refractivity contribution in [3.8, 4) is 0 Å². The van der Waals surface area contributed by atoms with Crippen LogP contribution < -0.4 is 10.6 Å². The van der Waals surface area contributed by atoms with Crippen LogP contribution in [0.4, 0.5) is 0 Å². The van der Waals surface area contributed by atoms with E-state index in [1.165, 1.54) is 0 Å². The van der Waals surface area contributed by atoms with Gasteiger partial charge in [0, 0.05) is 29.7 Å². The van der Waals surface area contributed by atoms with E-state index in [-0.39, 0.29) is 23.8 Å². The van der Waals surface area contributed by atoms with Gasteiger partial charge in [-0.2, -0.15) is 0 Å². The Morgan fingerprint density at radius 2 is 1.81 bits per heavy atom. The molecule has 1 aliphatic heterocycles. The van der Waals surface area contributed by atoms with E-state index in [1.54, 1.807) is 24.3 Å². The molecule has 2 rings (SSSR count). The normalized spacial score (nSPS) is 17.1. The molecule has 1 aliphatic rings. The Balaban J connectivity index is 1.91. The van der Waals surface area contributed by atoms with Crippen LogP contribution in [0.1, 0.15) is 50.4 Å². The number of nitrogens with zero attached hydrogens (tertiary/aromatic N) is 1. The van der Waals surface area contributed by atoms with Gasteiger partial charge in [-0.25, -0.2) is 0 Å². The molecular formula is C20H30ClN3O2. The largest absolute Gasteiger partial charge is 0.351 e. The van der Waals surface area contributed by atoms with Crippen molar-refractivity contribution >= 4 is 23.4 Å². The number of carbonyl (C=O) groups is 2. The smallest absolute Gasteiger partial charge is 0.251 e. The monoisotopic (exact) mass is 379 g/mol. The van der Waals surface area contributed by atoms with Gasteiger partial charge in [0.15, 0.2) is 0 Å². The number of amides is 2. The molecule has 0 spiro atoms. The Morgan fingerprint density at radius 3 is 2.35 bits per heavy atom. The van der Waals surface area contributed by atoms with Crippen molar-refractivity contribution in [3.05, 3.63) is 34.9 Å². The highest BCUT2D eigenvalue weighted by atomic mass is 35.5. The first-order chi connectivity index (χ1) is 12.4. The van der Waals surface area contributed by atoms with Gasteiger partial charge in [-0.15, -0.1) is 0 Å². The molecular weight excluding hydrogens is 350 g/mol. The first-order valence-corrected chi connectivity index (χ1v) is 9.87. The van der Waals surface area contributed by atoms with Crippen LogP contribution in [-0.4, -0.2) is 48.4 Å². The van der Waals surface area contributed by atoms with Gasteiger partial charge in [0.2, 0.25) is 5.91 Å². The number of hydrogen-bond donors (Lipinski definition) is 2. The van der Waals surface area contributed by atoms with Crippen LogP contribution in [0.25, 0.3) is 0 Å². The predicted octanol–water partition coefficient (Wildman–Crippen LogP) is 3.09. The molecule has 0 saturated carbocycles. The van der Waals surface area contributed by atoms with Crippen molar-refractivity contribution in [2.75, 3.05) is 19.6 Å². The van der Waals surface area contributed by atoms with Crippen molar-refractivity contribution in [2.45, 2.75) is 52.1 Å². The number of benzene rings is 1. The molecule has 5 nitrogen and oxygen atoms in total. The molecule has 1 saturated heterocycles. The molecule has 0 bridgehead atoms. The van der Waals surface area contributed by atoms with Gasteiger partial charge in [-0.3, -0.25) is 9.59 Å². The average Bonchev–Trinajstić information content (AvgIpc) is 2.61. The fourth-order valence-electron chi connectivity index (χ4n) is 3.27. The first-order valence-electron chi connectivity index (χ1n) is 9.49. The van der Waals surface area contributed by atoms with Crippen LogP contribution in [0.3, 0.4) is 0 Å². The van der Waals surface area contributed by atoms with Crippen LogP contribution in [0.15, 0.2) is 24.3 Å². The molecule has 2 N–H and O–H groups in total. The first kappa shape index (κ1) is 20.7. The van der Waals surface area contributed by atoms with E-state index in [0.29, 0.717) is 10.6 Å². The zero-order chi connectivity index (χ0) is 19.1. The molecule has 1 aromatic rings. The van der Waals surface area contributed by atoms with Crippen molar-refractivity contribution in [1.29, 1.82) is 0 Å². The van der Waals surface area contributed by atoms with Crippen LogP contribution in [0, 0.1) is 5.92 Å². The number of hydrogen-bond acceptors (Lipinski definition) is 3. The highest BCUT2D eigenvalue weighted by molar-refractivity contribution is 6.30. The summed E-state index contributed by atoms with van der Waals surface area (Å²) >= 11 is 5.86.